The number of fused-ring (bicyclic) bond motifs is 3. The van der Waals surface area contributed by atoms with Gasteiger partial charge in [0.1, 0.15) is 35.0 Å². The number of aromatic nitrogens is 3. The van der Waals surface area contributed by atoms with Crippen LogP contribution in [0, 0.1) is 0 Å². The number of H-pyrrole nitrogens is 1. The average molecular weight is 515 g/mol. The van der Waals surface area contributed by atoms with Gasteiger partial charge in [-0.15, -0.1) is 0 Å². The number of aryl methyl sites for hydroxylation is 1. The molecule has 37 heavy (non-hydrogen) atoms. The van der Waals surface area contributed by atoms with Crippen molar-refractivity contribution in [1.82, 2.24) is 15.0 Å². The van der Waals surface area contributed by atoms with Crippen molar-refractivity contribution in [3.05, 3.63) is 64.4 Å². The zero-order chi connectivity index (χ0) is 26.5. The number of carbonyl (C=O) groups is 1. The molecular formula is C26H25F3N4O4. The first-order valence-electron chi connectivity index (χ1n) is 11.8. The quantitative estimate of drug-likeness (QED) is 0.399. The minimum absolute atomic E-state index is 0.0142. The number of pyridine rings is 1. The van der Waals surface area contributed by atoms with E-state index in [1.54, 1.807) is 18.2 Å². The Morgan fingerprint density at radius 1 is 1.27 bits per heavy atom. The number of hydrogen-bond acceptors (Lipinski definition) is 6. The van der Waals surface area contributed by atoms with Gasteiger partial charge < -0.3 is 24.9 Å². The molecule has 0 saturated heterocycles. The average Bonchev–Trinajstić information content (AvgIpc) is 3.19. The van der Waals surface area contributed by atoms with E-state index in [9.17, 15) is 23.1 Å². The maximum atomic E-state index is 13.1. The predicted octanol–water partition coefficient (Wildman–Crippen LogP) is 5.22. The lowest BCUT2D eigenvalue weighted by atomic mass is 10.1. The van der Waals surface area contributed by atoms with Crippen LogP contribution in [0.25, 0.3) is 6.08 Å². The van der Waals surface area contributed by atoms with Gasteiger partial charge in [-0.2, -0.15) is 13.2 Å². The van der Waals surface area contributed by atoms with Crippen molar-refractivity contribution in [3.8, 4) is 17.2 Å². The van der Waals surface area contributed by atoms with Crippen LogP contribution in [0.15, 0.2) is 36.0 Å². The van der Waals surface area contributed by atoms with Gasteiger partial charge in [-0.25, -0.2) is 9.97 Å². The first kappa shape index (κ1) is 24.8. The number of alkyl halides is 3. The standard InChI is InChI=1S/C26H25F3N4O4/c1-4-17-18(9-12(2)26(27,28)29)33-25(32-17)22-21-15-10-14(5-6-19(15)37-23(21)22)36-20-7-8-30-24(16(20)11-34)31-13(3)35/h5-10,21-23,34H,4,11H2,1-3H3,(H,32,33)(H,30,31,35)/b12-9+. The van der Waals surface area contributed by atoms with Crippen LogP contribution in [0.5, 0.6) is 17.2 Å². The summed E-state index contributed by atoms with van der Waals surface area (Å²) in [5, 5.41) is 12.4. The molecule has 8 nitrogen and oxygen atoms in total. The van der Waals surface area contributed by atoms with E-state index in [1.165, 1.54) is 13.1 Å². The highest BCUT2D eigenvalue weighted by atomic mass is 19.4. The van der Waals surface area contributed by atoms with Crippen molar-refractivity contribution in [2.75, 3.05) is 5.32 Å². The number of amides is 1. The number of aromatic amines is 1. The number of rotatable bonds is 7. The Labute approximate surface area is 210 Å². The molecule has 0 bridgehead atoms. The molecule has 3 atom stereocenters. The van der Waals surface area contributed by atoms with Crippen LogP contribution in [0.4, 0.5) is 19.0 Å². The van der Waals surface area contributed by atoms with E-state index in [0.29, 0.717) is 46.4 Å². The van der Waals surface area contributed by atoms with E-state index in [4.69, 9.17) is 9.47 Å². The number of nitrogens with one attached hydrogen (secondary N) is 2. The first-order valence-corrected chi connectivity index (χ1v) is 11.8. The smallest absolute Gasteiger partial charge is 0.412 e. The number of aliphatic hydroxyl groups excluding tert-OH is 1. The Hall–Kier alpha value is -3.86. The van der Waals surface area contributed by atoms with E-state index >= 15 is 0 Å². The van der Waals surface area contributed by atoms with Crippen LogP contribution in [0.2, 0.25) is 0 Å². The molecule has 3 unspecified atom stereocenters. The molecule has 194 valence electrons. The zero-order valence-corrected chi connectivity index (χ0v) is 20.3. The zero-order valence-electron chi connectivity index (χ0n) is 20.3. The summed E-state index contributed by atoms with van der Waals surface area (Å²) < 4.78 is 51.2. The van der Waals surface area contributed by atoms with E-state index in [0.717, 1.165) is 18.6 Å². The minimum atomic E-state index is -4.40. The Morgan fingerprint density at radius 3 is 2.73 bits per heavy atom. The molecule has 1 aromatic carbocycles. The van der Waals surface area contributed by atoms with Crippen molar-refractivity contribution in [2.45, 2.75) is 57.9 Å². The fourth-order valence-corrected chi connectivity index (χ4v) is 4.64. The van der Waals surface area contributed by atoms with Crippen LogP contribution >= 0.6 is 0 Å². The molecule has 2 aromatic heterocycles. The van der Waals surface area contributed by atoms with Gasteiger partial charge in [0.05, 0.1) is 29.5 Å². The summed E-state index contributed by atoms with van der Waals surface area (Å²) in [6.07, 6.45) is -1.51. The van der Waals surface area contributed by atoms with Crippen LogP contribution in [0.1, 0.15) is 60.9 Å². The maximum Gasteiger partial charge on any atom is 0.412 e. The van der Waals surface area contributed by atoms with Crippen molar-refractivity contribution in [3.63, 3.8) is 0 Å². The Bertz CT molecular complexity index is 1400. The molecule has 3 N–H and O–H groups in total. The summed E-state index contributed by atoms with van der Waals surface area (Å²) in [4.78, 5) is 23.2. The van der Waals surface area contributed by atoms with Crippen LogP contribution < -0.4 is 14.8 Å². The van der Waals surface area contributed by atoms with Gasteiger partial charge in [-0.3, -0.25) is 4.79 Å². The number of hydrogen-bond donors (Lipinski definition) is 3. The van der Waals surface area contributed by atoms with Gasteiger partial charge in [0, 0.05) is 30.2 Å². The third-order valence-electron chi connectivity index (χ3n) is 6.54. The molecule has 5 rings (SSSR count). The van der Waals surface area contributed by atoms with E-state index in [1.807, 2.05) is 13.0 Å². The van der Waals surface area contributed by atoms with Gasteiger partial charge in [0.15, 0.2) is 0 Å². The monoisotopic (exact) mass is 514 g/mol. The first-order chi connectivity index (χ1) is 17.6. The van der Waals surface area contributed by atoms with Crippen molar-refractivity contribution < 1.29 is 32.5 Å². The third kappa shape index (κ3) is 4.66. The van der Waals surface area contributed by atoms with Gasteiger partial charge >= 0.3 is 6.18 Å². The topological polar surface area (TPSA) is 109 Å². The van der Waals surface area contributed by atoms with Crippen molar-refractivity contribution >= 4 is 17.8 Å². The Morgan fingerprint density at radius 2 is 2.05 bits per heavy atom. The third-order valence-corrected chi connectivity index (χ3v) is 6.54. The normalized spacial score (nSPS) is 20.2. The number of halogens is 3. The fraction of sp³-hybridized carbons (Fsp3) is 0.346. The van der Waals surface area contributed by atoms with Gasteiger partial charge in [-0.05, 0) is 43.7 Å². The van der Waals surface area contributed by atoms with Crippen LogP contribution in [-0.4, -0.2) is 38.2 Å². The number of nitrogens with zero attached hydrogens (tertiary/aromatic N) is 2. The highest BCUT2D eigenvalue weighted by Gasteiger charge is 2.61. The number of allylic oxidation sites excluding steroid dienone is 1. The predicted molar refractivity (Wildman–Crippen MR) is 129 cm³/mol. The SMILES string of the molecule is CCc1nc(C2C3Oc4ccc(Oc5ccnc(NC(C)=O)c5CO)cc4C32)[nH]c1/C=C(\C)C(F)(F)F. The van der Waals surface area contributed by atoms with Crippen LogP contribution in [-0.2, 0) is 17.8 Å². The largest absolute Gasteiger partial charge is 0.489 e. The summed E-state index contributed by atoms with van der Waals surface area (Å²) in [5.74, 6) is 1.93. The molecule has 0 radical (unpaired) electrons. The number of anilines is 1. The van der Waals surface area contributed by atoms with Crippen molar-refractivity contribution in [2.24, 2.45) is 0 Å². The second-order valence-corrected chi connectivity index (χ2v) is 9.07. The number of benzene rings is 1. The number of ether oxygens (including phenoxy) is 2. The molecule has 2 aliphatic rings. The summed E-state index contributed by atoms with van der Waals surface area (Å²) in [6, 6.07) is 6.97. The minimum Gasteiger partial charge on any atom is -0.489 e. The maximum absolute atomic E-state index is 13.1. The number of imidazole rings is 1. The highest BCUT2D eigenvalue weighted by Crippen LogP contribution is 2.63. The summed E-state index contributed by atoms with van der Waals surface area (Å²) >= 11 is 0. The lowest BCUT2D eigenvalue weighted by molar-refractivity contribution is -0.114. The molecule has 1 amide bonds. The number of carbonyl (C=O) groups excluding carboxylic acids is 1. The van der Waals surface area contributed by atoms with E-state index in [-0.39, 0.29) is 36.3 Å². The fourth-order valence-electron chi connectivity index (χ4n) is 4.64. The van der Waals surface area contributed by atoms with Crippen LogP contribution in [0.3, 0.4) is 0 Å². The van der Waals surface area contributed by atoms with Gasteiger partial charge in [0.25, 0.3) is 0 Å². The molecule has 3 heterocycles. The molecular weight excluding hydrogens is 489 g/mol. The van der Waals surface area contributed by atoms with Gasteiger partial charge in [0.2, 0.25) is 5.91 Å². The Kier molecular flexibility index (Phi) is 6.18. The molecule has 11 heteroatoms. The highest BCUT2D eigenvalue weighted by molar-refractivity contribution is 5.88. The van der Waals surface area contributed by atoms with E-state index in [2.05, 4.69) is 20.3 Å². The Balaban J connectivity index is 1.39. The summed E-state index contributed by atoms with van der Waals surface area (Å²) in [5.41, 5.74) is 1.49. The molecule has 0 spiro atoms. The molecule has 1 fully saturated rings. The van der Waals surface area contributed by atoms with E-state index < -0.39 is 11.7 Å². The molecule has 1 aliphatic carbocycles. The second kappa shape index (κ2) is 9.22. The lowest BCUT2D eigenvalue weighted by Gasteiger charge is -2.14. The molecule has 1 aliphatic heterocycles. The lowest BCUT2D eigenvalue weighted by Crippen LogP contribution is -2.10. The summed E-state index contributed by atoms with van der Waals surface area (Å²) in [7, 11) is 0. The summed E-state index contributed by atoms with van der Waals surface area (Å²) in [6.45, 7) is 3.85. The van der Waals surface area contributed by atoms with Gasteiger partial charge in [-0.1, -0.05) is 6.92 Å². The molecule has 1 saturated carbocycles. The van der Waals surface area contributed by atoms with Crippen molar-refractivity contribution in [1.29, 1.82) is 0 Å². The number of aliphatic hydroxyl groups is 1. The molecule has 3 aromatic rings. The second-order valence-electron chi connectivity index (χ2n) is 9.07.